The van der Waals surface area contributed by atoms with Crippen molar-refractivity contribution in [2.75, 3.05) is 0 Å². The first-order valence-electron chi connectivity index (χ1n) is 10.3. The maximum atomic E-state index is 6.13. The monoisotopic (exact) mass is 615 g/mol. The van der Waals surface area contributed by atoms with E-state index in [-0.39, 0.29) is 20.1 Å². The number of aryl methyl sites for hydroxylation is 1. The molecule has 1 aliphatic heterocycles. The van der Waals surface area contributed by atoms with Gasteiger partial charge in [-0.2, -0.15) is 0 Å². The molecule has 0 bridgehead atoms. The largest absolute Gasteiger partial charge is 0.641 e. The molecule has 1 radical (unpaired) electrons. The van der Waals surface area contributed by atoms with E-state index in [0.29, 0.717) is 0 Å². The summed E-state index contributed by atoms with van der Waals surface area (Å²) in [6.07, 6.45) is 11.1. The second kappa shape index (κ2) is 9.85. The van der Waals surface area contributed by atoms with Crippen molar-refractivity contribution in [3.63, 3.8) is 0 Å². The first-order chi connectivity index (χ1) is 15.7. The first kappa shape index (κ1) is 22.5. The number of aromatic nitrogens is 5. The molecule has 6 rings (SSSR count). The molecule has 1 aliphatic rings. The maximum Gasteiger partial charge on any atom is 0.622 e. The van der Waals surface area contributed by atoms with Crippen LogP contribution in [0.4, 0.5) is 0 Å². The number of fused-ring (bicyclic) bond motifs is 1. The maximum absolute atomic E-state index is 6.13. The molecule has 0 atom stereocenters. The summed E-state index contributed by atoms with van der Waals surface area (Å²) >= 11 is 0. The van der Waals surface area contributed by atoms with E-state index in [2.05, 4.69) is 16.1 Å². The van der Waals surface area contributed by atoms with Gasteiger partial charge in [0.1, 0.15) is 24.0 Å². The Morgan fingerprint density at radius 2 is 1.61 bits per heavy atom. The molecule has 0 aliphatic carbocycles. The molecule has 7 nitrogen and oxygen atoms in total. The molecule has 0 spiro atoms. The molecule has 0 unspecified atom stereocenters. The zero-order chi connectivity index (χ0) is 21.8. The summed E-state index contributed by atoms with van der Waals surface area (Å²) in [6.45, 7) is -1.95. The topological polar surface area (TPSA) is 59.0 Å². The van der Waals surface area contributed by atoms with Gasteiger partial charge in [-0.1, -0.05) is 24.3 Å². The van der Waals surface area contributed by atoms with Gasteiger partial charge in [0.05, 0.1) is 0 Å². The van der Waals surface area contributed by atoms with Crippen molar-refractivity contribution in [1.29, 1.82) is 0 Å². The van der Waals surface area contributed by atoms with Crippen LogP contribution in [-0.4, -0.2) is 30.5 Å². The van der Waals surface area contributed by atoms with E-state index in [1.54, 1.807) is 17.0 Å². The molecule has 0 amide bonds. The van der Waals surface area contributed by atoms with Gasteiger partial charge < -0.3 is 18.9 Å². The van der Waals surface area contributed by atoms with Crippen LogP contribution in [0, 0.1) is 6.07 Å². The Balaban J connectivity index is 0.000000172. The predicted molar refractivity (Wildman–Crippen MR) is 123 cm³/mol. The number of hydrogen-bond acceptors (Lipinski definition) is 4. The van der Waals surface area contributed by atoms with Crippen molar-refractivity contribution in [1.82, 2.24) is 23.7 Å². The number of pyridine rings is 1. The van der Waals surface area contributed by atoms with Crippen LogP contribution in [0.25, 0.3) is 11.3 Å². The third kappa shape index (κ3) is 4.60. The third-order valence-corrected chi connectivity index (χ3v) is 5.09. The van der Waals surface area contributed by atoms with Gasteiger partial charge in [-0.25, -0.2) is 9.67 Å². The Labute approximate surface area is 205 Å². The van der Waals surface area contributed by atoms with Crippen molar-refractivity contribution in [3.05, 3.63) is 116 Å². The molecule has 167 valence electrons. The molecule has 5 aromatic rings. The first-order valence-corrected chi connectivity index (χ1v) is 10.3. The Kier molecular flexibility index (Phi) is 6.72. The van der Waals surface area contributed by atoms with Crippen LogP contribution in [0.2, 0.25) is 0 Å². The number of benzene rings is 2. The van der Waals surface area contributed by atoms with Crippen LogP contribution in [0.3, 0.4) is 0 Å². The van der Waals surface area contributed by atoms with Crippen LogP contribution in [0.5, 0.6) is 11.5 Å². The number of para-hydroxylation sites is 2. The minimum Gasteiger partial charge on any atom is -0.641 e. The smallest absolute Gasteiger partial charge is 0.622 e. The van der Waals surface area contributed by atoms with Crippen LogP contribution < -0.4 is 9.31 Å². The summed E-state index contributed by atoms with van der Waals surface area (Å²) in [7, 11) is 1.95. The normalized spacial score (nSPS) is 12.9. The molecule has 0 fully saturated rings. The molecule has 9 heteroatoms. The summed E-state index contributed by atoms with van der Waals surface area (Å²) in [5.74, 6) is 1.44. The molecule has 3 aromatic heterocycles. The molecular formula is C24H21BIrN5O2-. The van der Waals surface area contributed by atoms with Gasteiger partial charge in [-0.3, -0.25) is 4.48 Å². The van der Waals surface area contributed by atoms with Crippen molar-refractivity contribution in [2.45, 2.75) is 0 Å². The number of hydrogen-bond donors (Lipinski definition) is 0. The van der Waals surface area contributed by atoms with Crippen LogP contribution in [0.1, 0.15) is 0 Å². The summed E-state index contributed by atoms with van der Waals surface area (Å²) in [6, 6.07) is 26.3. The molecular weight excluding hydrogens is 593 g/mol. The van der Waals surface area contributed by atoms with Crippen molar-refractivity contribution in [2.24, 2.45) is 7.05 Å². The minimum absolute atomic E-state index is 0. The fourth-order valence-corrected chi connectivity index (χ4v) is 3.58. The number of imidazole rings is 1. The van der Waals surface area contributed by atoms with E-state index < -0.39 is 6.82 Å². The van der Waals surface area contributed by atoms with Crippen LogP contribution in [0.15, 0.2) is 110 Å². The Morgan fingerprint density at radius 1 is 0.848 bits per heavy atom. The van der Waals surface area contributed by atoms with Gasteiger partial charge in [0.15, 0.2) is 6.20 Å². The van der Waals surface area contributed by atoms with E-state index >= 15 is 0 Å². The molecule has 4 heterocycles. The minimum atomic E-state index is -1.95. The van der Waals surface area contributed by atoms with Gasteiger partial charge in [-0.05, 0) is 36.2 Å². The van der Waals surface area contributed by atoms with Crippen molar-refractivity contribution in [3.8, 4) is 22.8 Å². The molecule has 0 N–H and O–H groups in total. The summed E-state index contributed by atoms with van der Waals surface area (Å²) < 4.78 is 17.8. The summed E-state index contributed by atoms with van der Waals surface area (Å²) in [4.78, 5) is 4.22. The average molecular weight is 614 g/mol. The fraction of sp³-hybridized carbons (Fsp3) is 0.0417. The zero-order valence-corrected chi connectivity index (χ0v) is 20.3. The second-order valence-electron chi connectivity index (χ2n) is 7.32. The second-order valence-corrected chi connectivity index (χ2v) is 7.32. The standard InChI is InChI=1S/C13H13BN4O2.C11H8N.Ir/c1-16-9-10-17(11-16)14(18-8-4-7-15-18)19-12-5-2-3-6-13(12)20-14;1-2-6-10(7-3-1)11-8-4-5-9-12-11;/h2-11H,1H3;1-6,8-9H;/q;-1;. The van der Waals surface area contributed by atoms with E-state index in [0.717, 1.165) is 22.8 Å². The molecule has 0 saturated carbocycles. The van der Waals surface area contributed by atoms with Gasteiger partial charge in [0, 0.05) is 39.5 Å². The molecule has 2 aromatic carbocycles. The van der Waals surface area contributed by atoms with Gasteiger partial charge in [0.25, 0.3) is 0 Å². The van der Waals surface area contributed by atoms with E-state index in [1.807, 2.05) is 114 Å². The van der Waals surface area contributed by atoms with Gasteiger partial charge >= 0.3 is 6.82 Å². The Bertz CT molecular complexity index is 1230. The summed E-state index contributed by atoms with van der Waals surface area (Å²) in [5, 5.41) is 4.30. The Morgan fingerprint density at radius 3 is 2.18 bits per heavy atom. The van der Waals surface area contributed by atoms with Crippen LogP contribution >= 0.6 is 0 Å². The Hall–Kier alpha value is -3.68. The number of nitrogens with zero attached hydrogens (tertiary/aromatic N) is 5. The molecule has 33 heavy (non-hydrogen) atoms. The summed E-state index contributed by atoms with van der Waals surface area (Å²) in [5.41, 5.74) is 2.01. The SMILES string of the molecule is Cn1ccn([B-]2(n3cccn3)Oc3ccccc3O2)[cH+]1.[Ir].[c-]1ccccc1-c1ccccn1. The van der Waals surface area contributed by atoms with Crippen molar-refractivity contribution >= 4 is 6.82 Å². The fourth-order valence-electron chi connectivity index (χ4n) is 3.58. The molecule has 0 saturated heterocycles. The average Bonchev–Trinajstić information content (AvgIpc) is 3.60. The zero-order valence-electron chi connectivity index (χ0n) is 17.9. The van der Waals surface area contributed by atoms with Gasteiger partial charge in [0.2, 0.25) is 0 Å². The predicted octanol–water partition coefficient (Wildman–Crippen LogP) is 4.15. The number of rotatable bonds is 3. The van der Waals surface area contributed by atoms with Crippen molar-refractivity contribution < 1.29 is 29.4 Å². The van der Waals surface area contributed by atoms with E-state index in [4.69, 9.17) is 9.31 Å². The van der Waals surface area contributed by atoms with Crippen LogP contribution in [-0.2, 0) is 27.2 Å². The van der Waals surface area contributed by atoms with E-state index in [9.17, 15) is 0 Å². The third-order valence-electron chi connectivity index (χ3n) is 5.09. The quantitative estimate of drug-likeness (QED) is 0.227. The van der Waals surface area contributed by atoms with Gasteiger partial charge in [-0.15, -0.1) is 35.9 Å². The van der Waals surface area contributed by atoms with E-state index in [1.165, 1.54) is 0 Å².